The van der Waals surface area contributed by atoms with Crippen LogP contribution >= 0.6 is 0 Å². The molecule has 0 fully saturated rings. The summed E-state index contributed by atoms with van der Waals surface area (Å²) in [5, 5.41) is 8.04. The lowest BCUT2D eigenvalue weighted by atomic mass is 10.1. The Hall–Kier alpha value is -2.57. The number of hydrogen-bond acceptors (Lipinski definition) is 5. The molecule has 114 valence electrons. The molecule has 0 bridgehead atoms. The van der Waals surface area contributed by atoms with Gasteiger partial charge in [0.2, 0.25) is 0 Å². The molecule has 0 saturated heterocycles. The van der Waals surface area contributed by atoms with Gasteiger partial charge in [-0.15, -0.1) is 10.2 Å². The minimum Gasteiger partial charge on any atom is -0.473 e. The summed E-state index contributed by atoms with van der Waals surface area (Å²) >= 11 is 0. The van der Waals surface area contributed by atoms with Gasteiger partial charge in [-0.2, -0.15) is 0 Å². The summed E-state index contributed by atoms with van der Waals surface area (Å²) in [6.07, 6.45) is 3.03. The Bertz CT molecular complexity index is 843. The highest BCUT2D eigenvalue weighted by Crippen LogP contribution is 2.25. The lowest BCUT2D eigenvalue weighted by Crippen LogP contribution is -2.08. The maximum Gasteiger partial charge on any atom is 0.250 e. The van der Waals surface area contributed by atoms with Gasteiger partial charge in [-0.05, 0) is 33.8 Å². The highest BCUT2D eigenvalue weighted by molar-refractivity contribution is 5.63. The zero-order valence-corrected chi connectivity index (χ0v) is 12.8. The summed E-state index contributed by atoms with van der Waals surface area (Å²) in [7, 11) is 0. The molecule has 0 unspecified atom stereocenters. The molecule has 22 heavy (non-hydrogen) atoms. The van der Waals surface area contributed by atoms with Crippen molar-refractivity contribution >= 4 is 5.65 Å². The first kappa shape index (κ1) is 14.4. The number of pyridine rings is 1. The van der Waals surface area contributed by atoms with Crippen molar-refractivity contribution in [3.63, 3.8) is 0 Å². The van der Waals surface area contributed by atoms with E-state index in [2.05, 4.69) is 20.2 Å². The normalized spacial score (nSPS) is 11.4. The van der Waals surface area contributed by atoms with E-state index < -0.39 is 5.82 Å². The van der Waals surface area contributed by atoms with Crippen LogP contribution in [0.25, 0.3) is 16.9 Å². The van der Waals surface area contributed by atoms with E-state index in [0.29, 0.717) is 16.9 Å². The van der Waals surface area contributed by atoms with E-state index in [0.717, 1.165) is 11.5 Å². The Labute approximate surface area is 127 Å². The highest BCUT2D eigenvalue weighted by atomic mass is 19.1. The molecule has 0 aromatic carbocycles. The molecule has 0 aliphatic heterocycles. The maximum atomic E-state index is 14.1. The van der Waals surface area contributed by atoms with Crippen molar-refractivity contribution in [1.29, 1.82) is 0 Å². The summed E-state index contributed by atoms with van der Waals surface area (Å²) < 4.78 is 21.3. The fraction of sp³-hybridized carbons (Fsp3) is 0.333. The SMILES string of the molecule is Cc1nnc2cnc(-c3cnc(OC(C)C)c(F)c3)c(C)n12. The zero-order valence-electron chi connectivity index (χ0n) is 12.8. The molecule has 0 N–H and O–H groups in total. The summed E-state index contributed by atoms with van der Waals surface area (Å²) in [5.41, 5.74) is 2.71. The maximum absolute atomic E-state index is 14.1. The molecule has 0 aliphatic carbocycles. The van der Waals surface area contributed by atoms with Gasteiger partial charge < -0.3 is 4.74 Å². The largest absolute Gasteiger partial charge is 0.473 e. The minimum absolute atomic E-state index is 0.00189. The predicted octanol–water partition coefficient (Wildman–Crippen LogP) is 2.73. The third-order valence-corrected chi connectivity index (χ3v) is 3.27. The van der Waals surface area contributed by atoms with Crippen molar-refractivity contribution in [2.75, 3.05) is 0 Å². The molecular weight excluding hydrogens is 285 g/mol. The molecule has 3 heterocycles. The van der Waals surface area contributed by atoms with Gasteiger partial charge in [0, 0.05) is 17.5 Å². The average molecular weight is 301 g/mol. The van der Waals surface area contributed by atoms with E-state index in [9.17, 15) is 4.39 Å². The van der Waals surface area contributed by atoms with E-state index in [1.54, 1.807) is 12.4 Å². The fourth-order valence-electron chi connectivity index (χ4n) is 2.35. The van der Waals surface area contributed by atoms with E-state index in [1.165, 1.54) is 6.07 Å². The summed E-state index contributed by atoms with van der Waals surface area (Å²) in [6.45, 7) is 7.39. The van der Waals surface area contributed by atoms with Gasteiger partial charge in [0.15, 0.2) is 11.5 Å². The topological polar surface area (TPSA) is 65.2 Å². The van der Waals surface area contributed by atoms with Crippen molar-refractivity contribution in [2.24, 2.45) is 0 Å². The molecular formula is C15H16FN5O. The quantitative estimate of drug-likeness (QED) is 0.744. The van der Waals surface area contributed by atoms with E-state index in [-0.39, 0.29) is 12.0 Å². The number of aromatic nitrogens is 5. The lowest BCUT2D eigenvalue weighted by Gasteiger charge is -2.11. The second kappa shape index (κ2) is 5.32. The van der Waals surface area contributed by atoms with Crippen molar-refractivity contribution in [3.8, 4) is 17.1 Å². The molecule has 0 radical (unpaired) electrons. The molecule has 3 rings (SSSR count). The number of ether oxygens (including phenoxy) is 1. The van der Waals surface area contributed by atoms with Crippen LogP contribution in [0.15, 0.2) is 18.5 Å². The van der Waals surface area contributed by atoms with Crippen LogP contribution in [0.4, 0.5) is 4.39 Å². The molecule has 3 aromatic rings. The first-order valence-electron chi connectivity index (χ1n) is 6.97. The van der Waals surface area contributed by atoms with Crippen LogP contribution in [0.2, 0.25) is 0 Å². The Balaban J connectivity index is 2.09. The molecule has 0 amide bonds. The minimum atomic E-state index is -0.507. The van der Waals surface area contributed by atoms with Crippen molar-refractivity contribution < 1.29 is 9.13 Å². The van der Waals surface area contributed by atoms with Gasteiger partial charge in [0.1, 0.15) is 5.82 Å². The van der Waals surface area contributed by atoms with Crippen LogP contribution in [0, 0.1) is 19.7 Å². The first-order valence-corrected chi connectivity index (χ1v) is 6.97. The lowest BCUT2D eigenvalue weighted by molar-refractivity contribution is 0.221. The number of aryl methyl sites for hydroxylation is 2. The second-order valence-corrected chi connectivity index (χ2v) is 5.31. The number of nitrogens with zero attached hydrogens (tertiary/aromatic N) is 5. The molecule has 3 aromatic heterocycles. The van der Waals surface area contributed by atoms with Crippen LogP contribution in [0.1, 0.15) is 25.4 Å². The summed E-state index contributed by atoms with van der Waals surface area (Å²) in [5.74, 6) is 0.246. The monoisotopic (exact) mass is 301 g/mol. The third kappa shape index (κ3) is 2.38. The zero-order chi connectivity index (χ0) is 15.9. The number of halogens is 1. The van der Waals surface area contributed by atoms with Gasteiger partial charge >= 0.3 is 0 Å². The van der Waals surface area contributed by atoms with Crippen molar-refractivity contribution in [3.05, 3.63) is 35.8 Å². The summed E-state index contributed by atoms with van der Waals surface area (Å²) in [6, 6.07) is 1.38. The van der Waals surface area contributed by atoms with Gasteiger partial charge in [0.25, 0.3) is 5.88 Å². The van der Waals surface area contributed by atoms with Crippen molar-refractivity contribution in [1.82, 2.24) is 24.6 Å². The molecule has 0 spiro atoms. The van der Waals surface area contributed by atoms with E-state index in [1.807, 2.05) is 32.1 Å². The predicted molar refractivity (Wildman–Crippen MR) is 79.2 cm³/mol. The standard InChI is InChI=1S/C15H16FN5O/c1-8(2)22-15-12(16)5-11(6-18-15)14-9(3)21-10(4)19-20-13(21)7-17-14/h5-8H,1-4H3. The third-order valence-electron chi connectivity index (χ3n) is 3.27. The molecule has 0 aliphatic rings. The highest BCUT2D eigenvalue weighted by Gasteiger charge is 2.14. The van der Waals surface area contributed by atoms with Crippen molar-refractivity contribution in [2.45, 2.75) is 33.8 Å². The molecule has 0 saturated carbocycles. The first-order chi connectivity index (χ1) is 10.5. The van der Waals surface area contributed by atoms with E-state index >= 15 is 0 Å². The average Bonchev–Trinajstić information content (AvgIpc) is 2.83. The van der Waals surface area contributed by atoms with Crippen LogP contribution in [-0.4, -0.2) is 30.7 Å². The van der Waals surface area contributed by atoms with Crippen LogP contribution in [0.5, 0.6) is 5.88 Å². The number of fused-ring (bicyclic) bond motifs is 1. The molecule has 7 heteroatoms. The Morgan fingerprint density at radius 1 is 1.14 bits per heavy atom. The Morgan fingerprint density at radius 3 is 2.59 bits per heavy atom. The Morgan fingerprint density at radius 2 is 1.91 bits per heavy atom. The second-order valence-electron chi connectivity index (χ2n) is 5.31. The van der Waals surface area contributed by atoms with Gasteiger partial charge in [-0.25, -0.2) is 9.37 Å². The van der Waals surface area contributed by atoms with Crippen LogP contribution in [-0.2, 0) is 0 Å². The number of hydrogen-bond donors (Lipinski definition) is 0. The van der Waals surface area contributed by atoms with Crippen LogP contribution in [0.3, 0.4) is 0 Å². The summed E-state index contributed by atoms with van der Waals surface area (Å²) in [4.78, 5) is 8.40. The Kier molecular flexibility index (Phi) is 3.48. The van der Waals surface area contributed by atoms with Crippen LogP contribution < -0.4 is 4.74 Å². The van der Waals surface area contributed by atoms with Gasteiger partial charge in [-0.3, -0.25) is 9.38 Å². The molecule has 6 nitrogen and oxygen atoms in total. The smallest absolute Gasteiger partial charge is 0.250 e. The number of rotatable bonds is 3. The van der Waals surface area contributed by atoms with Gasteiger partial charge in [0.05, 0.1) is 18.0 Å². The molecule has 0 atom stereocenters. The fourth-order valence-corrected chi connectivity index (χ4v) is 2.35. The van der Waals surface area contributed by atoms with Gasteiger partial charge in [-0.1, -0.05) is 0 Å². The van der Waals surface area contributed by atoms with E-state index in [4.69, 9.17) is 4.74 Å².